The van der Waals surface area contributed by atoms with Crippen molar-refractivity contribution in [3.63, 3.8) is 0 Å². The molecule has 5 N–H and O–H groups in total. The number of pyridine rings is 1. The predicted molar refractivity (Wildman–Crippen MR) is 154 cm³/mol. The number of carbonyl (C=O) groups excluding carboxylic acids is 3. The molecule has 222 valence electrons. The third-order valence-electron chi connectivity index (χ3n) is 6.11. The Hall–Kier alpha value is -5.72. The van der Waals surface area contributed by atoms with Crippen LogP contribution in [0.5, 0.6) is 11.5 Å². The van der Waals surface area contributed by atoms with Gasteiger partial charge in [0.2, 0.25) is 0 Å². The molecular formula is C30H28FN5O7. The molecule has 2 heterocycles. The van der Waals surface area contributed by atoms with Gasteiger partial charge in [-0.05, 0) is 67.4 Å². The second-order valence-corrected chi connectivity index (χ2v) is 9.35. The highest BCUT2D eigenvalue weighted by Crippen LogP contribution is 2.27. The number of halogens is 1. The van der Waals surface area contributed by atoms with E-state index in [1.807, 2.05) is 0 Å². The molecule has 0 aliphatic rings. The van der Waals surface area contributed by atoms with Crippen LogP contribution >= 0.6 is 0 Å². The summed E-state index contributed by atoms with van der Waals surface area (Å²) in [5.74, 6) is -2.08. The number of aromatic nitrogens is 2. The number of hydrogen-bond acceptors (Lipinski definition) is 7. The van der Waals surface area contributed by atoms with E-state index in [0.717, 1.165) is 12.7 Å². The molecule has 0 fully saturated rings. The van der Waals surface area contributed by atoms with Crippen LogP contribution in [0.4, 0.5) is 20.6 Å². The van der Waals surface area contributed by atoms with Gasteiger partial charge in [0.15, 0.2) is 0 Å². The SMILES string of the molecule is COC(=O)C(CCC(=O)O)NC(=O)c1c[nH]c(-c2cc(Oc3ccc(NC(=O)Nc4cc(C)ccc4F)cc3)ccn2)c1. The molecule has 4 rings (SSSR count). The maximum atomic E-state index is 13.9. The zero-order valence-corrected chi connectivity index (χ0v) is 23.1. The molecule has 0 radical (unpaired) electrons. The molecule has 3 amide bonds. The monoisotopic (exact) mass is 589 g/mol. The lowest BCUT2D eigenvalue weighted by atomic mass is 10.1. The van der Waals surface area contributed by atoms with Gasteiger partial charge in [-0.15, -0.1) is 0 Å². The topological polar surface area (TPSA) is 172 Å². The second kappa shape index (κ2) is 13.8. The Morgan fingerprint density at radius 2 is 1.77 bits per heavy atom. The first-order chi connectivity index (χ1) is 20.6. The standard InChI is InChI=1S/C30H28FN5O7/c1-17-3-8-22(31)24(13-17)36-30(41)34-19-4-6-20(7-5-19)43-21-11-12-32-26(15-21)25-14-18(16-33-25)28(39)35-23(29(40)42-2)9-10-27(37)38/h3-8,11-16,23,33H,9-10H2,1-2H3,(H,35,39)(H,37,38)(H2,34,36,41). The number of carboxylic acid groups (broad SMARTS) is 1. The lowest BCUT2D eigenvalue weighted by Gasteiger charge is -2.15. The third kappa shape index (κ3) is 8.39. The first kappa shape index (κ1) is 30.2. The van der Waals surface area contributed by atoms with E-state index in [2.05, 4.69) is 30.7 Å². The number of aliphatic carboxylic acids is 1. The highest BCUT2D eigenvalue weighted by atomic mass is 19.1. The molecule has 0 aliphatic heterocycles. The van der Waals surface area contributed by atoms with Gasteiger partial charge >= 0.3 is 18.0 Å². The van der Waals surface area contributed by atoms with Gasteiger partial charge in [-0.25, -0.2) is 14.0 Å². The molecule has 1 unspecified atom stereocenters. The van der Waals surface area contributed by atoms with Crippen LogP contribution in [0.2, 0.25) is 0 Å². The minimum absolute atomic E-state index is 0.0712. The van der Waals surface area contributed by atoms with Crippen molar-refractivity contribution in [2.75, 3.05) is 17.7 Å². The highest BCUT2D eigenvalue weighted by molar-refractivity contribution is 6.00. The summed E-state index contributed by atoms with van der Waals surface area (Å²) in [6.45, 7) is 1.79. The minimum atomic E-state index is -1.12. The number of anilines is 2. The summed E-state index contributed by atoms with van der Waals surface area (Å²) in [7, 11) is 1.15. The fourth-order valence-electron chi connectivity index (χ4n) is 3.96. The van der Waals surface area contributed by atoms with Gasteiger partial charge in [0.25, 0.3) is 5.91 Å². The fourth-order valence-corrected chi connectivity index (χ4v) is 3.96. The Balaban J connectivity index is 1.37. The van der Waals surface area contributed by atoms with Gasteiger partial charge in [-0.1, -0.05) is 6.07 Å². The van der Waals surface area contributed by atoms with Crippen molar-refractivity contribution in [2.24, 2.45) is 0 Å². The number of aromatic amines is 1. The molecular weight excluding hydrogens is 561 g/mol. The Morgan fingerprint density at radius 1 is 1.00 bits per heavy atom. The van der Waals surface area contributed by atoms with E-state index in [1.54, 1.807) is 49.4 Å². The zero-order valence-electron chi connectivity index (χ0n) is 23.1. The summed E-state index contributed by atoms with van der Waals surface area (Å²) in [5.41, 5.74) is 2.49. The molecule has 2 aromatic heterocycles. The van der Waals surface area contributed by atoms with Gasteiger partial charge in [0, 0.05) is 30.6 Å². The van der Waals surface area contributed by atoms with Gasteiger partial charge in [-0.2, -0.15) is 0 Å². The average molecular weight is 590 g/mol. The number of urea groups is 1. The largest absolute Gasteiger partial charge is 0.481 e. The van der Waals surface area contributed by atoms with Crippen LogP contribution in [0.1, 0.15) is 28.8 Å². The van der Waals surface area contributed by atoms with Crippen LogP contribution in [-0.4, -0.2) is 52.1 Å². The quantitative estimate of drug-likeness (QED) is 0.150. The maximum absolute atomic E-state index is 13.9. The number of hydrogen-bond donors (Lipinski definition) is 5. The minimum Gasteiger partial charge on any atom is -0.481 e. The molecule has 4 aromatic rings. The van der Waals surface area contributed by atoms with Crippen molar-refractivity contribution in [3.8, 4) is 22.9 Å². The number of carboxylic acids is 1. The van der Waals surface area contributed by atoms with Crippen LogP contribution in [0.25, 0.3) is 11.4 Å². The lowest BCUT2D eigenvalue weighted by molar-refractivity contribution is -0.143. The zero-order chi connectivity index (χ0) is 30.9. The summed E-state index contributed by atoms with van der Waals surface area (Å²) in [6, 6.07) is 14.0. The molecule has 2 aromatic carbocycles. The first-order valence-corrected chi connectivity index (χ1v) is 13.0. The number of benzene rings is 2. The number of H-pyrrole nitrogens is 1. The first-order valence-electron chi connectivity index (χ1n) is 13.0. The van der Waals surface area contributed by atoms with E-state index in [4.69, 9.17) is 9.84 Å². The Kier molecular flexibility index (Phi) is 9.68. The predicted octanol–water partition coefficient (Wildman–Crippen LogP) is 5.10. The number of rotatable bonds is 11. The van der Waals surface area contributed by atoms with Crippen molar-refractivity contribution in [1.82, 2.24) is 15.3 Å². The van der Waals surface area contributed by atoms with Crippen molar-refractivity contribution < 1.29 is 38.1 Å². The normalized spacial score (nSPS) is 11.2. The van der Waals surface area contributed by atoms with E-state index in [0.29, 0.717) is 28.6 Å². The number of carbonyl (C=O) groups is 4. The Bertz CT molecular complexity index is 1640. The van der Waals surface area contributed by atoms with E-state index >= 15 is 0 Å². The van der Waals surface area contributed by atoms with Crippen LogP contribution in [0, 0.1) is 12.7 Å². The van der Waals surface area contributed by atoms with Crippen molar-refractivity contribution in [2.45, 2.75) is 25.8 Å². The van der Waals surface area contributed by atoms with E-state index in [-0.39, 0.29) is 24.1 Å². The molecule has 13 heteroatoms. The number of amides is 3. The van der Waals surface area contributed by atoms with E-state index in [1.165, 1.54) is 30.6 Å². The van der Waals surface area contributed by atoms with E-state index in [9.17, 15) is 23.6 Å². The Morgan fingerprint density at radius 3 is 2.49 bits per heavy atom. The van der Waals surface area contributed by atoms with Crippen LogP contribution in [0.15, 0.2) is 73.1 Å². The molecule has 0 bridgehead atoms. The van der Waals surface area contributed by atoms with Crippen LogP contribution in [-0.2, 0) is 14.3 Å². The molecule has 0 saturated heterocycles. The Labute approximate surface area is 245 Å². The summed E-state index contributed by atoms with van der Waals surface area (Å²) < 4.78 is 24.5. The number of aryl methyl sites for hydroxylation is 1. The van der Waals surface area contributed by atoms with Crippen molar-refractivity contribution >= 4 is 35.3 Å². The summed E-state index contributed by atoms with van der Waals surface area (Å²) in [4.78, 5) is 55.1. The molecule has 0 saturated carbocycles. The summed E-state index contributed by atoms with van der Waals surface area (Å²) in [5, 5.41) is 16.5. The van der Waals surface area contributed by atoms with E-state index < -0.39 is 35.7 Å². The molecule has 12 nitrogen and oxygen atoms in total. The molecule has 1 atom stereocenters. The number of nitrogens with zero attached hydrogens (tertiary/aromatic N) is 1. The van der Waals surface area contributed by atoms with Gasteiger partial charge in [0.1, 0.15) is 23.4 Å². The van der Waals surface area contributed by atoms with Gasteiger partial charge in [0.05, 0.1) is 29.7 Å². The molecule has 0 aliphatic carbocycles. The van der Waals surface area contributed by atoms with Gasteiger partial charge < -0.3 is 35.5 Å². The number of methoxy groups -OCH3 is 1. The summed E-state index contributed by atoms with van der Waals surface area (Å²) >= 11 is 0. The second-order valence-electron chi connectivity index (χ2n) is 9.35. The fraction of sp³-hybridized carbons (Fsp3) is 0.167. The molecule has 43 heavy (non-hydrogen) atoms. The average Bonchev–Trinajstić information content (AvgIpc) is 3.48. The highest BCUT2D eigenvalue weighted by Gasteiger charge is 2.23. The smallest absolute Gasteiger partial charge is 0.328 e. The van der Waals surface area contributed by atoms with Crippen LogP contribution < -0.4 is 20.7 Å². The number of ether oxygens (including phenoxy) is 2. The van der Waals surface area contributed by atoms with Crippen molar-refractivity contribution in [1.29, 1.82) is 0 Å². The summed E-state index contributed by atoms with van der Waals surface area (Å²) in [6.07, 6.45) is 2.51. The molecule has 0 spiro atoms. The maximum Gasteiger partial charge on any atom is 0.328 e. The van der Waals surface area contributed by atoms with Crippen LogP contribution in [0.3, 0.4) is 0 Å². The van der Waals surface area contributed by atoms with Crippen molar-refractivity contribution in [3.05, 3.63) is 90.0 Å². The lowest BCUT2D eigenvalue weighted by Crippen LogP contribution is -2.41. The third-order valence-corrected chi connectivity index (χ3v) is 6.11. The number of esters is 1. The van der Waals surface area contributed by atoms with Gasteiger partial charge in [-0.3, -0.25) is 14.6 Å². The number of nitrogens with one attached hydrogen (secondary N) is 4.